The highest BCUT2D eigenvalue weighted by Crippen LogP contribution is 2.12. The Labute approximate surface area is 113 Å². The Morgan fingerprint density at radius 1 is 1.67 bits per heavy atom. The fraction of sp³-hybridized carbons (Fsp3) is 0.500. The van der Waals surface area contributed by atoms with Crippen molar-refractivity contribution in [3.8, 4) is 0 Å². The van der Waals surface area contributed by atoms with Gasteiger partial charge < -0.3 is 10.6 Å². The van der Waals surface area contributed by atoms with Crippen LogP contribution < -0.4 is 10.6 Å². The predicted octanol–water partition coefficient (Wildman–Crippen LogP) is 0.818. The zero-order valence-electron chi connectivity index (χ0n) is 10.5. The van der Waals surface area contributed by atoms with Gasteiger partial charge in [-0.2, -0.15) is 5.10 Å². The SMILES string of the molecule is CNC(=O)Cn1ccc(C=C2CCCNC2)n1.Cl. The zero-order chi connectivity index (χ0) is 12.1. The highest BCUT2D eigenvalue weighted by Gasteiger charge is 2.06. The predicted molar refractivity (Wildman–Crippen MR) is 73.6 cm³/mol. The number of piperidine rings is 1. The van der Waals surface area contributed by atoms with Crippen LogP contribution in [0.3, 0.4) is 0 Å². The molecule has 0 radical (unpaired) electrons. The standard InChI is InChI=1S/C12H18N4O.ClH/c1-13-12(17)9-16-6-4-11(15-16)7-10-3-2-5-14-8-10;/h4,6-7,14H,2-3,5,8-9H2,1H3,(H,13,17);1H. The second kappa shape index (κ2) is 7.18. The minimum Gasteiger partial charge on any atom is -0.358 e. The van der Waals surface area contributed by atoms with Crippen molar-refractivity contribution in [2.24, 2.45) is 0 Å². The Kier molecular flexibility index (Phi) is 5.88. The third kappa shape index (κ3) is 4.16. The van der Waals surface area contributed by atoms with Crippen molar-refractivity contribution in [2.45, 2.75) is 19.4 Å². The molecule has 0 unspecified atom stereocenters. The summed E-state index contributed by atoms with van der Waals surface area (Å²) in [5.74, 6) is -0.0355. The Morgan fingerprint density at radius 2 is 2.50 bits per heavy atom. The van der Waals surface area contributed by atoms with Crippen molar-refractivity contribution in [1.29, 1.82) is 0 Å². The Morgan fingerprint density at radius 3 is 3.17 bits per heavy atom. The van der Waals surface area contributed by atoms with Crippen LogP contribution in [-0.4, -0.2) is 35.8 Å². The maximum Gasteiger partial charge on any atom is 0.241 e. The molecule has 0 bridgehead atoms. The van der Waals surface area contributed by atoms with E-state index in [9.17, 15) is 4.79 Å². The summed E-state index contributed by atoms with van der Waals surface area (Å²) in [7, 11) is 1.63. The number of carbonyl (C=O) groups is 1. The van der Waals surface area contributed by atoms with E-state index in [-0.39, 0.29) is 24.9 Å². The largest absolute Gasteiger partial charge is 0.358 e. The van der Waals surface area contributed by atoms with Gasteiger partial charge in [0.15, 0.2) is 0 Å². The third-order valence-corrected chi connectivity index (χ3v) is 2.80. The fourth-order valence-corrected chi connectivity index (χ4v) is 1.88. The van der Waals surface area contributed by atoms with Crippen molar-refractivity contribution in [3.05, 3.63) is 23.5 Å². The lowest BCUT2D eigenvalue weighted by Crippen LogP contribution is -2.24. The van der Waals surface area contributed by atoms with Crippen molar-refractivity contribution in [1.82, 2.24) is 20.4 Å². The molecule has 1 aromatic heterocycles. The fourth-order valence-electron chi connectivity index (χ4n) is 1.88. The van der Waals surface area contributed by atoms with Crippen molar-refractivity contribution in [2.75, 3.05) is 20.1 Å². The minimum atomic E-state index is -0.0355. The molecule has 0 atom stereocenters. The van der Waals surface area contributed by atoms with Crippen molar-refractivity contribution in [3.63, 3.8) is 0 Å². The second-order valence-corrected chi connectivity index (χ2v) is 4.19. The van der Waals surface area contributed by atoms with Crippen LogP contribution in [-0.2, 0) is 11.3 Å². The van der Waals surface area contributed by atoms with Gasteiger partial charge in [-0.3, -0.25) is 9.48 Å². The topological polar surface area (TPSA) is 59.0 Å². The van der Waals surface area contributed by atoms with E-state index >= 15 is 0 Å². The van der Waals surface area contributed by atoms with E-state index in [4.69, 9.17) is 0 Å². The number of hydrogen-bond acceptors (Lipinski definition) is 3. The summed E-state index contributed by atoms with van der Waals surface area (Å²) in [6.45, 7) is 2.32. The summed E-state index contributed by atoms with van der Waals surface area (Å²) < 4.78 is 1.65. The van der Waals surface area contributed by atoms with Gasteiger partial charge in [0, 0.05) is 19.8 Å². The van der Waals surface area contributed by atoms with Gasteiger partial charge in [-0.15, -0.1) is 12.4 Å². The van der Waals surface area contributed by atoms with Crippen LogP contribution in [0.5, 0.6) is 0 Å². The van der Waals surface area contributed by atoms with Crippen LogP contribution in [0.4, 0.5) is 0 Å². The average molecular weight is 271 g/mol. The van der Waals surface area contributed by atoms with Crippen LogP contribution in [0.15, 0.2) is 17.8 Å². The van der Waals surface area contributed by atoms with Crippen LogP contribution in [0.2, 0.25) is 0 Å². The molecule has 0 spiro atoms. The first-order valence-electron chi connectivity index (χ1n) is 5.92. The molecule has 1 aliphatic heterocycles. The number of halogens is 1. The van der Waals surface area contributed by atoms with Gasteiger partial charge in [-0.1, -0.05) is 5.57 Å². The summed E-state index contributed by atoms with van der Waals surface area (Å²) in [5, 5.41) is 10.3. The zero-order valence-corrected chi connectivity index (χ0v) is 11.3. The molecule has 0 aromatic carbocycles. The number of hydrogen-bond donors (Lipinski definition) is 2. The molecule has 0 aliphatic carbocycles. The van der Waals surface area contributed by atoms with E-state index in [2.05, 4.69) is 21.8 Å². The molecule has 0 saturated carbocycles. The summed E-state index contributed by atoms with van der Waals surface area (Å²) in [6, 6.07) is 1.94. The molecule has 1 aliphatic rings. The van der Waals surface area contributed by atoms with E-state index in [1.807, 2.05) is 12.3 Å². The maximum absolute atomic E-state index is 11.2. The van der Waals surface area contributed by atoms with Crippen LogP contribution in [0.25, 0.3) is 6.08 Å². The lowest BCUT2D eigenvalue weighted by atomic mass is 10.1. The van der Waals surface area contributed by atoms with Gasteiger partial charge in [-0.25, -0.2) is 0 Å². The Balaban J connectivity index is 0.00000162. The minimum absolute atomic E-state index is 0. The monoisotopic (exact) mass is 270 g/mol. The lowest BCUT2D eigenvalue weighted by molar-refractivity contribution is -0.121. The highest BCUT2D eigenvalue weighted by molar-refractivity contribution is 5.85. The van der Waals surface area contributed by atoms with Crippen molar-refractivity contribution < 1.29 is 4.79 Å². The van der Waals surface area contributed by atoms with Gasteiger partial charge in [0.2, 0.25) is 5.91 Å². The van der Waals surface area contributed by atoms with Gasteiger partial charge in [0.25, 0.3) is 0 Å². The smallest absolute Gasteiger partial charge is 0.241 e. The van der Waals surface area contributed by atoms with Gasteiger partial charge in [0.1, 0.15) is 6.54 Å². The maximum atomic E-state index is 11.2. The number of likely N-dealkylation sites (N-methyl/N-ethyl adjacent to an activating group) is 1. The number of carbonyl (C=O) groups excluding carboxylic acids is 1. The third-order valence-electron chi connectivity index (χ3n) is 2.80. The molecule has 1 saturated heterocycles. The van der Waals surface area contributed by atoms with Crippen molar-refractivity contribution >= 4 is 24.4 Å². The first kappa shape index (κ1) is 14.7. The molecule has 1 fully saturated rings. The van der Waals surface area contributed by atoms with Crippen LogP contribution >= 0.6 is 12.4 Å². The van der Waals surface area contributed by atoms with Gasteiger partial charge >= 0.3 is 0 Å². The molecular formula is C12H19ClN4O. The molecular weight excluding hydrogens is 252 g/mol. The Hall–Kier alpha value is -1.33. The summed E-state index contributed by atoms with van der Waals surface area (Å²) in [5.41, 5.74) is 2.30. The molecule has 5 nitrogen and oxygen atoms in total. The van der Waals surface area contributed by atoms with Gasteiger partial charge in [0.05, 0.1) is 5.69 Å². The number of aromatic nitrogens is 2. The number of nitrogens with one attached hydrogen (secondary N) is 2. The van der Waals surface area contributed by atoms with Crippen LogP contribution in [0.1, 0.15) is 18.5 Å². The molecule has 2 N–H and O–H groups in total. The molecule has 2 rings (SSSR count). The molecule has 1 amide bonds. The Bertz CT molecular complexity index is 419. The first-order valence-corrected chi connectivity index (χ1v) is 5.92. The summed E-state index contributed by atoms with van der Waals surface area (Å²) in [4.78, 5) is 11.2. The van der Waals surface area contributed by atoms with E-state index in [1.165, 1.54) is 12.0 Å². The molecule has 100 valence electrons. The molecule has 1 aromatic rings. The van der Waals surface area contributed by atoms with E-state index in [0.29, 0.717) is 0 Å². The van der Waals surface area contributed by atoms with E-state index in [0.717, 1.165) is 25.2 Å². The normalized spacial score (nSPS) is 17.3. The average Bonchev–Trinajstić information content (AvgIpc) is 2.77. The summed E-state index contributed by atoms with van der Waals surface area (Å²) >= 11 is 0. The van der Waals surface area contributed by atoms with Gasteiger partial charge in [-0.05, 0) is 31.5 Å². The number of rotatable bonds is 3. The molecule has 18 heavy (non-hydrogen) atoms. The van der Waals surface area contributed by atoms with Crippen LogP contribution in [0, 0.1) is 0 Å². The quantitative estimate of drug-likeness (QED) is 0.855. The van der Waals surface area contributed by atoms with E-state index < -0.39 is 0 Å². The second-order valence-electron chi connectivity index (χ2n) is 4.19. The molecule has 2 heterocycles. The lowest BCUT2D eigenvalue weighted by Gasteiger charge is -2.14. The van der Waals surface area contributed by atoms with E-state index in [1.54, 1.807) is 11.7 Å². The number of amides is 1. The number of nitrogens with zero attached hydrogens (tertiary/aromatic N) is 2. The molecule has 6 heteroatoms. The highest BCUT2D eigenvalue weighted by atomic mass is 35.5. The summed E-state index contributed by atoms with van der Waals surface area (Å²) in [6.07, 6.45) is 6.25. The first-order chi connectivity index (χ1) is 8.28.